The molecule has 0 aliphatic rings. The Kier molecular flexibility index (Phi) is 17.9. The Balaban J connectivity index is 1.57. The van der Waals surface area contributed by atoms with Crippen molar-refractivity contribution in [3.05, 3.63) is 57.6 Å². The third-order valence-electron chi connectivity index (χ3n) is 6.96. The van der Waals surface area contributed by atoms with Gasteiger partial charge < -0.3 is 9.47 Å². The lowest BCUT2D eigenvalue weighted by Gasteiger charge is -2.10. The van der Waals surface area contributed by atoms with Crippen LogP contribution in [-0.2, 0) is 4.79 Å². The Hall–Kier alpha value is -2.57. The first-order chi connectivity index (χ1) is 19.9. The highest BCUT2D eigenvalue weighted by molar-refractivity contribution is 6.42. The second kappa shape index (κ2) is 21.2. The summed E-state index contributed by atoms with van der Waals surface area (Å²) < 4.78 is 10.8. The van der Waals surface area contributed by atoms with Gasteiger partial charge in [-0.05, 0) is 48.4 Å². The maximum atomic E-state index is 12.5. The van der Waals surface area contributed by atoms with E-state index in [2.05, 4.69) is 17.5 Å². The van der Waals surface area contributed by atoms with Gasteiger partial charge in [-0.25, -0.2) is 10.2 Å². The van der Waals surface area contributed by atoms with Crippen LogP contribution in [0.2, 0.25) is 10.0 Å². The molecule has 2 aromatic rings. The van der Waals surface area contributed by atoms with E-state index in [1.807, 2.05) is 0 Å². The molecule has 1 amide bonds. The molecule has 0 bridgehead atoms. The standard InChI is InChI=1S/C33H46Cl2N2O4/c1-3-4-5-6-7-8-9-10-11-12-13-14-15-16-17-18-32(38)37-36-25-26-19-22-30(31(23-26)40-2)41-33(39)27-20-21-28(34)29(35)24-27/h19-25H,3-18H2,1-2H3,(H,37,38)/b36-25-. The number of benzene rings is 2. The predicted octanol–water partition coefficient (Wildman–Crippen LogP) is 9.93. The second-order valence-corrected chi connectivity index (χ2v) is 11.2. The summed E-state index contributed by atoms with van der Waals surface area (Å²) in [6.07, 6.45) is 21.4. The van der Waals surface area contributed by atoms with Gasteiger partial charge in [-0.2, -0.15) is 5.10 Å². The smallest absolute Gasteiger partial charge is 0.343 e. The van der Waals surface area contributed by atoms with E-state index < -0.39 is 5.97 Å². The number of halogens is 2. The van der Waals surface area contributed by atoms with E-state index in [9.17, 15) is 9.59 Å². The quantitative estimate of drug-likeness (QED) is 0.0505. The largest absolute Gasteiger partial charge is 0.493 e. The highest BCUT2D eigenvalue weighted by atomic mass is 35.5. The van der Waals surface area contributed by atoms with Crippen LogP contribution >= 0.6 is 23.2 Å². The molecule has 0 radical (unpaired) electrons. The molecule has 0 fully saturated rings. The number of nitrogens with zero attached hydrogens (tertiary/aromatic N) is 1. The lowest BCUT2D eigenvalue weighted by Crippen LogP contribution is -2.16. The number of hydrazone groups is 1. The maximum Gasteiger partial charge on any atom is 0.343 e. The summed E-state index contributed by atoms with van der Waals surface area (Å²) in [5.74, 6) is -0.0890. The molecule has 0 spiro atoms. The summed E-state index contributed by atoms with van der Waals surface area (Å²) in [6, 6.07) is 9.50. The normalized spacial score (nSPS) is 11.1. The van der Waals surface area contributed by atoms with Crippen molar-refractivity contribution in [2.75, 3.05) is 7.11 Å². The van der Waals surface area contributed by atoms with E-state index in [1.165, 1.54) is 115 Å². The van der Waals surface area contributed by atoms with Crippen molar-refractivity contribution < 1.29 is 19.1 Å². The van der Waals surface area contributed by atoms with Gasteiger partial charge in [0, 0.05) is 6.42 Å². The Labute approximate surface area is 256 Å². The zero-order chi connectivity index (χ0) is 29.7. The number of unbranched alkanes of at least 4 members (excludes halogenated alkanes) is 14. The molecule has 0 unspecified atom stereocenters. The summed E-state index contributed by atoms with van der Waals surface area (Å²) in [5, 5.41) is 4.66. The minimum Gasteiger partial charge on any atom is -0.493 e. The highest BCUT2D eigenvalue weighted by Gasteiger charge is 2.14. The summed E-state index contributed by atoms with van der Waals surface area (Å²) in [6.45, 7) is 2.27. The van der Waals surface area contributed by atoms with Gasteiger partial charge >= 0.3 is 5.97 Å². The zero-order valence-electron chi connectivity index (χ0n) is 24.7. The number of esters is 1. The Bertz CT molecular complexity index is 1090. The van der Waals surface area contributed by atoms with Crippen molar-refractivity contribution in [3.8, 4) is 11.5 Å². The van der Waals surface area contributed by atoms with Crippen molar-refractivity contribution in [2.24, 2.45) is 5.10 Å². The fourth-order valence-corrected chi connectivity index (χ4v) is 4.82. The van der Waals surface area contributed by atoms with Gasteiger partial charge in [-0.3, -0.25) is 4.79 Å². The summed E-state index contributed by atoms with van der Waals surface area (Å²) in [4.78, 5) is 24.6. The van der Waals surface area contributed by atoms with E-state index in [-0.39, 0.29) is 22.2 Å². The first-order valence-electron chi connectivity index (χ1n) is 15.1. The molecular weight excluding hydrogens is 559 g/mol. The van der Waals surface area contributed by atoms with Gasteiger partial charge in [0.25, 0.3) is 0 Å². The molecule has 0 saturated heterocycles. The molecule has 2 rings (SSSR count). The van der Waals surface area contributed by atoms with Crippen molar-refractivity contribution in [3.63, 3.8) is 0 Å². The van der Waals surface area contributed by atoms with Gasteiger partial charge in [0.15, 0.2) is 11.5 Å². The first-order valence-corrected chi connectivity index (χ1v) is 15.9. The average molecular weight is 606 g/mol. The Morgan fingerprint density at radius 3 is 1.90 bits per heavy atom. The monoisotopic (exact) mass is 604 g/mol. The summed E-state index contributed by atoms with van der Waals surface area (Å²) in [7, 11) is 1.48. The van der Waals surface area contributed by atoms with Crippen LogP contribution in [-0.4, -0.2) is 25.2 Å². The molecule has 0 heterocycles. The number of hydrogen-bond donors (Lipinski definition) is 1. The first kappa shape index (κ1) is 34.6. The van der Waals surface area contributed by atoms with Gasteiger partial charge in [0.05, 0.1) is 28.9 Å². The molecule has 0 aromatic heterocycles. The zero-order valence-corrected chi connectivity index (χ0v) is 26.2. The number of nitrogens with one attached hydrogen (secondary N) is 1. The summed E-state index contributed by atoms with van der Waals surface area (Å²) >= 11 is 11.9. The number of rotatable bonds is 21. The van der Waals surface area contributed by atoms with Gasteiger partial charge in [0.1, 0.15) is 0 Å². The third kappa shape index (κ3) is 14.8. The SMILES string of the molecule is CCCCCCCCCCCCCCCCCC(=O)N/N=C\c1ccc(OC(=O)c2ccc(Cl)c(Cl)c2)c(OC)c1. The molecule has 6 nitrogen and oxygen atoms in total. The van der Waals surface area contributed by atoms with Crippen molar-refractivity contribution >= 4 is 41.3 Å². The topological polar surface area (TPSA) is 77.0 Å². The third-order valence-corrected chi connectivity index (χ3v) is 7.69. The average Bonchev–Trinajstić information content (AvgIpc) is 2.97. The van der Waals surface area contributed by atoms with Crippen LogP contribution in [0.15, 0.2) is 41.5 Å². The molecule has 0 aliphatic heterocycles. The van der Waals surface area contributed by atoms with Crippen LogP contribution < -0.4 is 14.9 Å². The van der Waals surface area contributed by atoms with E-state index in [4.69, 9.17) is 32.7 Å². The van der Waals surface area contributed by atoms with Crippen molar-refractivity contribution in [1.82, 2.24) is 5.43 Å². The minimum atomic E-state index is -0.589. The van der Waals surface area contributed by atoms with Crippen molar-refractivity contribution in [1.29, 1.82) is 0 Å². The fraction of sp³-hybridized carbons (Fsp3) is 0.545. The number of amides is 1. The molecule has 2 aromatic carbocycles. The van der Waals surface area contributed by atoms with Gasteiger partial charge in [0.2, 0.25) is 5.91 Å². The van der Waals surface area contributed by atoms with E-state index in [1.54, 1.807) is 18.2 Å². The van der Waals surface area contributed by atoms with Crippen LogP contribution in [0.4, 0.5) is 0 Å². The molecule has 0 atom stereocenters. The van der Waals surface area contributed by atoms with E-state index >= 15 is 0 Å². The molecular formula is C33H46Cl2N2O4. The van der Waals surface area contributed by atoms with E-state index in [0.717, 1.165) is 12.8 Å². The molecule has 226 valence electrons. The van der Waals surface area contributed by atoms with Crippen LogP contribution in [0.25, 0.3) is 0 Å². The van der Waals surface area contributed by atoms with E-state index in [0.29, 0.717) is 22.8 Å². The molecule has 0 aliphatic carbocycles. The lowest BCUT2D eigenvalue weighted by molar-refractivity contribution is -0.121. The summed E-state index contributed by atoms with van der Waals surface area (Å²) in [5.41, 5.74) is 3.53. The van der Waals surface area contributed by atoms with Gasteiger partial charge in [-0.15, -0.1) is 0 Å². The predicted molar refractivity (Wildman–Crippen MR) is 170 cm³/mol. The highest BCUT2D eigenvalue weighted by Crippen LogP contribution is 2.29. The Morgan fingerprint density at radius 1 is 0.756 bits per heavy atom. The molecule has 41 heavy (non-hydrogen) atoms. The van der Waals surface area contributed by atoms with Crippen LogP contribution in [0.1, 0.15) is 126 Å². The lowest BCUT2D eigenvalue weighted by atomic mass is 10.0. The number of methoxy groups -OCH3 is 1. The number of carbonyl (C=O) groups is 2. The van der Waals surface area contributed by atoms with Gasteiger partial charge in [-0.1, -0.05) is 120 Å². The maximum absolute atomic E-state index is 12.5. The van der Waals surface area contributed by atoms with Crippen LogP contribution in [0.3, 0.4) is 0 Å². The molecule has 0 saturated carbocycles. The van der Waals surface area contributed by atoms with Crippen LogP contribution in [0.5, 0.6) is 11.5 Å². The molecule has 8 heteroatoms. The number of hydrogen-bond acceptors (Lipinski definition) is 5. The van der Waals surface area contributed by atoms with Crippen molar-refractivity contribution in [2.45, 2.75) is 110 Å². The van der Waals surface area contributed by atoms with Crippen LogP contribution in [0, 0.1) is 0 Å². The minimum absolute atomic E-state index is 0.102. The fourth-order valence-electron chi connectivity index (χ4n) is 4.52. The Morgan fingerprint density at radius 2 is 1.34 bits per heavy atom. The number of ether oxygens (including phenoxy) is 2. The molecule has 1 N–H and O–H groups in total. The number of carbonyl (C=O) groups excluding carboxylic acids is 2. The second-order valence-electron chi connectivity index (χ2n) is 10.4.